The van der Waals surface area contributed by atoms with E-state index in [0.29, 0.717) is 19.5 Å². The molecule has 1 N–H and O–H groups in total. The third-order valence-corrected chi connectivity index (χ3v) is 11.2. The summed E-state index contributed by atoms with van der Waals surface area (Å²) in [5.74, 6) is -2.58. The number of nitrogens with zero attached hydrogens (tertiary/aromatic N) is 1. The van der Waals surface area contributed by atoms with E-state index in [1.165, 1.54) is 25.2 Å². The monoisotopic (exact) mass is 539 g/mol. The van der Waals surface area contributed by atoms with Crippen molar-refractivity contribution in [3.8, 4) is 0 Å². The smallest absolute Gasteiger partial charge is 0.303 e. The lowest BCUT2D eigenvalue weighted by Crippen LogP contribution is -2.69. The number of rotatable bonds is 4. The number of ether oxygens (including phenoxy) is 1. The van der Waals surface area contributed by atoms with Crippen molar-refractivity contribution in [2.75, 3.05) is 24.6 Å². The van der Waals surface area contributed by atoms with Gasteiger partial charge in [0.05, 0.1) is 11.5 Å². The van der Waals surface area contributed by atoms with Crippen LogP contribution in [0, 0.1) is 34.0 Å². The van der Waals surface area contributed by atoms with Crippen molar-refractivity contribution < 1.29 is 33.0 Å². The van der Waals surface area contributed by atoms with Gasteiger partial charge in [-0.15, -0.1) is 0 Å². The highest BCUT2D eigenvalue weighted by atomic mass is 19.1. The maximum Gasteiger partial charge on any atom is 0.303 e. The number of anilines is 1. The third-order valence-electron chi connectivity index (χ3n) is 11.2. The van der Waals surface area contributed by atoms with Crippen molar-refractivity contribution in [2.45, 2.75) is 58.0 Å². The molecule has 3 saturated carbocycles. The summed E-state index contributed by atoms with van der Waals surface area (Å²) in [4.78, 5) is 40.0. The zero-order valence-corrected chi connectivity index (χ0v) is 22.5. The number of ketones is 2. The van der Waals surface area contributed by atoms with Crippen molar-refractivity contribution in [1.29, 1.82) is 0 Å². The van der Waals surface area contributed by atoms with Gasteiger partial charge in [0.2, 0.25) is 0 Å². The molecule has 0 radical (unpaired) electrons. The average Bonchev–Trinajstić information content (AvgIpc) is 3.40. The molecule has 0 aromatic heterocycles. The van der Waals surface area contributed by atoms with Gasteiger partial charge < -0.3 is 14.7 Å². The molecule has 1 aliphatic heterocycles. The van der Waals surface area contributed by atoms with Gasteiger partial charge in [0.15, 0.2) is 23.8 Å². The van der Waals surface area contributed by atoms with Crippen molar-refractivity contribution >= 4 is 23.2 Å². The highest BCUT2D eigenvalue weighted by molar-refractivity contribution is 6.01. The second kappa shape index (κ2) is 8.56. The number of Topliss-reactive ketones (excluding diaryl/α,β-unsaturated/α-hetero) is 1. The van der Waals surface area contributed by atoms with Gasteiger partial charge in [-0.25, -0.2) is 8.78 Å². The van der Waals surface area contributed by atoms with Gasteiger partial charge in [-0.1, -0.05) is 31.2 Å². The fourth-order valence-corrected chi connectivity index (χ4v) is 9.41. The molecular formula is C31H35F2NO5. The van der Waals surface area contributed by atoms with Crippen LogP contribution in [0.5, 0.6) is 0 Å². The molecule has 39 heavy (non-hydrogen) atoms. The number of fused-ring (bicyclic) bond motifs is 7. The molecule has 0 amide bonds. The Kier molecular flexibility index (Phi) is 5.79. The number of carbonyl (C=O) groups is 3. The molecule has 4 aliphatic carbocycles. The second-order valence-corrected chi connectivity index (χ2v) is 12.7. The topological polar surface area (TPSA) is 83.9 Å². The number of allylic oxidation sites excluding steroid dienone is 4. The van der Waals surface area contributed by atoms with Crippen LogP contribution in [0.2, 0.25) is 0 Å². The number of esters is 1. The fraction of sp³-hybridized carbons (Fsp3) is 0.581. The van der Waals surface area contributed by atoms with Gasteiger partial charge in [-0.05, 0) is 73.3 Å². The molecule has 1 aromatic carbocycles. The van der Waals surface area contributed by atoms with E-state index in [2.05, 4.69) is 4.90 Å². The molecule has 4 fully saturated rings. The minimum atomic E-state index is -2.19. The molecule has 208 valence electrons. The molecular weight excluding hydrogens is 504 g/mol. The van der Waals surface area contributed by atoms with Crippen molar-refractivity contribution in [3.05, 3.63) is 54.1 Å². The van der Waals surface area contributed by atoms with Crippen LogP contribution in [-0.2, 0) is 19.1 Å². The van der Waals surface area contributed by atoms with Gasteiger partial charge in [-0.2, -0.15) is 0 Å². The lowest BCUT2D eigenvalue weighted by molar-refractivity contribution is -0.211. The molecule has 0 unspecified atom stereocenters. The van der Waals surface area contributed by atoms with E-state index in [0.717, 1.165) is 5.69 Å². The number of aliphatic hydroxyl groups is 1. The van der Waals surface area contributed by atoms with E-state index < -0.39 is 46.1 Å². The van der Waals surface area contributed by atoms with Gasteiger partial charge in [0, 0.05) is 37.0 Å². The standard InChI is InChI=1S/C31H35F2NO5/c1-18(35)39-16-27(38)30-17-34(20-7-5-4-6-8-20)15-19(30)11-22-23-13-25(32)24-12-21(36)9-10-28(24,2)31(23,33)26(37)14-29(22,30)3/h4-10,12,19,22-23,25-26,37H,11,13-17H2,1-3H3/t19-,22-,23-,25-,26-,28-,29-,30-,31-/m0/s1. The number of carbonyl (C=O) groups excluding carboxylic acids is 3. The Bertz CT molecular complexity index is 1300. The van der Waals surface area contributed by atoms with E-state index in [-0.39, 0.29) is 48.4 Å². The quantitative estimate of drug-likeness (QED) is 0.579. The molecule has 8 heteroatoms. The van der Waals surface area contributed by atoms with Crippen LogP contribution < -0.4 is 4.90 Å². The lowest BCUT2D eigenvalue weighted by atomic mass is 9.43. The fourth-order valence-electron chi connectivity index (χ4n) is 9.41. The summed E-state index contributed by atoms with van der Waals surface area (Å²) < 4.78 is 38.5. The predicted molar refractivity (Wildman–Crippen MR) is 140 cm³/mol. The Morgan fingerprint density at radius 3 is 2.56 bits per heavy atom. The van der Waals surface area contributed by atoms with Gasteiger partial charge >= 0.3 is 5.97 Å². The predicted octanol–water partition coefficient (Wildman–Crippen LogP) is 4.17. The summed E-state index contributed by atoms with van der Waals surface area (Å²) >= 11 is 0. The summed E-state index contributed by atoms with van der Waals surface area (Å²) in [6.45, 7) is 5.30. The van der Waals surface area contributed by atoms with E-state index in [1.54, 1.807) is 6.92 Å². The number of hydrogen-bond acceptors (Lipinski definition) is 6. The first-order valence-corrected chi connectivity index (χ1v) is 13.8. The number of benzene rings is 1. The van der Waals surface area contributed by atoms with Crippen LogP contribution in [0.1, 0.15) is 40.0 Å². The third kappa shape index (κ3) is 3.30. The summed E-state index contributed by atoms with van der Waals surface area (Å²) in [5, 5.41) is 11.7. The van der Waals surface area contributed by atoms with E-state index in [1.807, 2.05) is 37.3 Å². The second-order valence-electron chi connectivity index (χ2n) is 12.7. The maximum absolute atomic E-state index is 17.6. The number of alkyl halides is 2. The molecule has 6 nitrogen and oxygen atoms in total. The van der Waals surface area contributed by atoms with Crippen LogP contribution in [-0.4, -0.2) is 60.3 Å². The Labute approximate surface area is 227 Å². The number of para-hydroxylation sites is 1. The van der Waals surface area contributed by atoms with Gasteiger partial charge in [-0.3, -0.25) is 14.4 Å². The molecule has 9 atom stereocenters. The Hall–Kier alpha value is -2.87. The lowest BCUT2D eigenvalue weighted by Gasteiger charge is -2.63. The van der Waals surface area contributed by atoms with Crippen LogP contribution in [0.25, 0.3) is 0 Å². The minimum Gasteiger partial charge on any atom is -0.458 e. The van der Waals surface area contributed by atoms with Crippen LogP contribution in [0.4, 0.5) is 14.5 Å². The Balaban J connectivity index is 1.45. The zero-order valence-electron chi connectivity index (χ0n) is 22.5. The van der Waals surface area contributed by atoms with E-state index >= 15 is 8.78 Å². The Morgan fingerprint density at radius 2 is 1.87 bits per heavy atom. The zero-order chi connectivity index (χ0) is 28.0. The summed E-state index contributed by atoms with van der Waals surface area (Å²) in [6.07, 6.45) is 1.24. The van der Waals surface area contributed by atoms with Crippen molar-refractivity contribution in [1.82, 2.24) is 0 Å². The molecule has 6 rings (SSSR count). The van der Waals surface area contributed by atoms with Crippen LogP contribution >= 0.6 is 0 Å². The largest absolute Gasteiger partial charge is 0.458 e. The number of aliphatic hydroxyl groups excluding tert-OH is 1. The maximum atomic E-state index is 17.6. The van der Waals surface area contributed by atoms with Gasteiger partial charge in [0.25, 0.3) is 0 Å². The van der Waals surface area contributed by atoms with Crippen molar-refractivity contribution in [3.63, 3.8) is 0 Å². The SMILES string of the molecule is CC(=O)OCC(=O)[C@]12CN(c3ccccc3)C[C@@H]1C[C@H]1[C@@H]3C[C@H](F)C4=CC(=O)C=C[C@]4(C)[C@@]3(F)[C@@H](O)C[C@@]12C. The van der Waals surface area contributed by atoms with Crippen LogP contribution in [0.3, 0.4) is 0 Å². The number of halogens is 2. The van der Waals surface area contributed by atoms with E-state index in [4.69, 9.17) is 4.74 Å². The molecule has 1 heterocycles. The summed E-state index contributed by atoms with van der Waals surface area (Å²) in [7, 11) is 0. The highest BCUT2D eigenvalue weighted by Crippen LogP contribution is 2.74. The molecule has 0 spiro atoms. The molecule has 1 aromatic rings. The normalized spacial score (nSPS) is 44.2. The molecule has 5 aliphatic rings. The van der Waals surface area contributed by atoms with E-state index in [9.17, 15) is 19.5 Å². The first kappa shape index (κ1) is 26.4. The summed E-state index contributed by atoms with van der Waals surface area (Å²) in [5.41, 5.74) is -4.47. The van der Waals surface area contributed by atoms with Crippen LogP contribution in [0.15, 0.2) is 54.1 Å². The molecule has 1 saturated heterocycles. The van der Waals surface area contributed by atoms with Gasteiger partial charge in [0.1, 0.15) is 6.17 Å². The molecule has 0 bridgehead atoms. The van der Waals surface area contributed by atoms with Crippen molar-refractivity contribution in [2.24, 2.45) is 34.0 Å². The highest BCUT2D eigenvalue weighted by Gasteiger charge is 2.78. The minimum absolute atomic E-state index is 0.0111. The first-order chi connectivity index (χ1) is 18.4. The summed E-state index contributed by atoms with van der Waals surface area (Å²) in [6, 6.07) is 9.74. The average molecular weight is 540 g/mol. The number of hydrogen-bond donors (Lipinski definition) is 1. The first-order valence-electron chi connectivity index (χ1n) is 13.8. The Morgan fingerprint density at radius 1 is 1.15 bits per heavy atom.